The predicted octanol–water partition coefficient (Wildman–Crippen LogP) is 0.548. The lowest BCUT2D eigenvalue weighted by atomic mass is 10.1. The van der Waals surface area contributed by atoms with Gasteiger partial charge in [-0.25, -0.2) is 0 Å². The van der Waals surface area contributed by atoms with E-state index in [0.717, 1.165) is 0 Å². The first-order valence-electron chi connectivity index (χ1n) is 3.49. The van der Waals surface area contributed by atoms with Crippen LogP contribution in [0, 0.1) is 5.41 Å². The third-order valence-corrected chi connectivity index (χ3v) is 1.47. The van der Waals surface area contributed by atoms with E-state index in [4.69, 9.17) is 15.6 Å². The number of hydrogen-bond donors (Lipinski definition) is 3. The number of nitrogens with one attached hydrogen (secondary N) is 1. The van der Waals surface area contributed by atoms with Crippen molar-refractivity contribution in [2.75, 3.05) is 0 Å². The van der Waals surface area contributed by atoms with Crippen LogP contribution < -0.4 is 0 Å². The van der Waals surface area contributed by atoms with Crippen molar-refractivity contribution in [2.45, 2.75) is 38.9 Å². The van der Waals surface area contributed by atoms with E-state index < -0.39 is 12.2 Å². The number of rotatable bonds is 4. The van der Waals surface area contributed by atoms with E-state index in [1.165, 1.54) is 6.92 Å². The molecule has 0 aromatic heterocycles. The highest BCUT2D eigenvalue weighted by Crippen LogP contribution is 2.02. The van der Waals surface area contributed by atoms with Crippen LogP contribution in [0.3, 0.4) is 0 Å². The molecule has 0 spiro atoms. The Morgan fingerprint density at radius 1 is 1.50 bits per heavy atom. The molecule has 3 heteroatoms. The molecule has 0 amide bonds. The summed E-state index contributed by atoms with van der Waals surface area (Å²) in [5, 5.41) is 25.1. The minimum atomic E-state index is -0.769. The van der Waals surface area contributed by atoms with E-state index in [-0.39, 0.29) is 12.1 Å². The van der Waals surface area contributed by atoms with Crippen molar-refractivity contribution in [1.82, 2.24) is 0 Å². The number of hydrogen-bond acceptors (Lipinski definition) is 3. The van der Waals surface area contributed by atoms with E-state index in [9.17, 15) is 0 Å². The summed E-state index contributed by atoms with van der Waals surface area (Å²) in [6.45, 7) is 3.38. The molecule has 0 saturated carbocycles. The maximum absolute atomic E-state index is 9.04. The molecular weight excluding hydrogens is 130 g/mol. The molecule has 3 N–H and O–H groups in total. The summed E-state index contributed by atoms with van der Waals surface area (Å²) in [4.78, 5) is 0. The second kappa shape index (κ2) is 4.41. The van der Waals surface area contributed by atoms with Crippen molar-refractivity contribution < 1.29 is 10.2 Å². The first-order chi connectivity index (χ1) is 4.57. The normalized spacial score (nSPS) is 16.4. The van der Waals surface area contributed by atoms with Crippen LogP contribution in [-0.2, 0) is 0 Å². The lowest BCUT2D eigenvalue weighted by Gasteiger charge is -2.12. The standard InChI is InChI=1S/C7H15NO2/c1-3-6(9)4-7(10)5(2)8/h6-10H,3-4H2,1-2H3/t6?,7-/m0/s1. The van der Waals surface area contributed by atoms with Crippen LogP contribution in [0.1, 0.15) is 26.7 Å². The Bertz CT molecular complexity index is 114. The first kappa shape index (κ1) is 9.59. The molecule has 0 fully saturated rings. The zero-order valence-electron chi connectivity index (χ0n) is 6.46. The molecule has 10 heavy (non-hydrogen) atoms. The summed E-state index contributed by atoms with van der Waals surface area (Å²) < 4.78 is 0. The zero-order chi connectivity index (χ0) is 8.15. The van der Waals surface area contributed by atoms with Crippen LogP contribution >= 0.6 is 0 Å². The van der Waals surface area contributed by atoms with Gasteiger partial charge in [0.2, 0.25) is 0 Å². The average Bonchev–Trinajstić information content (AvgIpc) is 1.87. The Morgan fingerprint density at radius 3 is 2.30 bits per heavy atom. The molecule has 0 aliphatic carbocycles. The minimum absolute atomic E-state index is 0.215. The van der Waals surface area contributed by atoms with E-state index >= 15 is 0 Å². The smallest absolute Gasteiger partial charge is 0.0935 e. The van der Waals surface area contributed by atoms with Gasteiger partial charge in [-0.1, -0.05) is 6.92 Å². The minimum Gasteiger partial charge on any atom is -0.393 e. The molecule has 1 unspecified atom stereocenters. The molecule has 0 bridgehead atoms. The monoisotopic (exact) mass is 145 g/mol. The molecule has 0 rings (SSSR count). The van der Waals surface area contributed by atoms with Crippen molar-refractivity contribution >= 4 is 5.71 Å². The molecule has 0 aliphatic rings. The van der Waals surface area contributed by atoms with Crippen molar-refractivity contribution in [1.29, 1.82) is 5.41 Å². The maximum Gasteiger partial charge on any atom is 0.0935 e. The largest absolute Gasteiger partial charge is 0.393 e. The molecule has 0 heterocycles. The maximum atomic E-state index is 9.04. The van der Waals surface area contributed by atoms with Crippen molar-refractivity contribution in [3.05, 3.63) is 0 Å². The highest BCUT2D eigenvalue weighted by Gasteiger charge is 2.10. The van der Waals surface area contributed by atoms with E-state index in [2.05, 4.69) is 0 Å². The lowest BCUT2D eigenvalue weighted by Crippen LogP contribution is -2.22. The fourth-order valence-corrected chi connectivity index (χ4v) is 0.601. The summed E-state index contributed by atoms with van der Waals surface area (Å²) in [5.41, 5.74) is 0.215. The Labute approximate surface area is 61.2 Å². The van der Waals surface area contributed by atoms with Crippen LogP contribution in [0.4, 0.5) is 0 Å². The molecule has 0 radical (unpaired) electrons. The summed E-state index contributed by atoms with van der Waals surface area (Å²) in [5.74, 6) is 0. The van der Waals surface area contributed by atoms with Gasteiger partial charge in [0, 0.05) is 12.1 Å². The third kappa shape index (κ3) is 3.58. The van der Waals surface area contributed by atoms with Gasteiger partial charge in [0.1, 0.15) is 0 Å². The Morgan fingerprint density at radius 2 is 2.00 bits per heavy atom. The van der Waals surface area contributed by atoms with Crippen LogP contribution in [0.15, 0.2) is 0 Å². The number of aliphatic hydroxyl groups is 2. The second-order valence-corrected chi connectivity index (χ2v) is 2.50. The van der Waals surface area contributed by atoms with Crippen molar-refractivity contribution in [3.8, 4) is 0 Å². The van der Waals surface area contributed by atoms with Crippen LogP contribution in [0.5, 0.6) is 0 Å². The Hall–Kier alpha value is -0.410. The highest BCUT2D eigenvalue weighted by molar-refractivity contribution is 5.82. The lowest BCUT2D eigenvalue weighted by molar-refractivity contribution is 0.108. The molecule has 60 valence electrons. The fourth-order valence-electron chi connectivity index (χ4n) is 0.601. The van der Waals surface area contributed by atoms with Gasteiger partial charge in [-0.3, -0.25) is 0 Å². The molecule has 3 nitrogen and oxygen atoms in total. The zero-order valence-corrected chi connectivity index (χ0v) is 6.46. The Kier molecular flexibility index (Phi) is 4.23. The number of aliphatic hydroxyl groups excluding tert-OH is 2. The summed E-state index contributed by atoms with van der Waals surface area (Å²) >= 11 is 0. The van der Waals surface area contributed by atoms with E-state index in [1.807, 2.05) is 6.92 Å². The van der Waals surface area contributed by atoms with Crippen LogP contribution in [0.2, 0.25) is 0 Å². The highest BCUT2D eigenvalue weighted by atomic mass is 16.3. The quantitative estimate of drug-likeness (QED) is 0.506. The van der Waals surface area contributed by atoms with Crippen molar-refractivity contribution in [2.24, 2.45) is 0 Å². The molecule has 2 atom stereocenters. The second-order valence-electron chi connectivity index (χ2n) is 2.50. The third-order valence-electron chi connectivity index (χ3n) is 1.47. The molecule has 0 aromatic carbocycles. The van der Waals surface area contributed by atoms with E-state index in [1.54, 1.807) is 0 Å². The van der Waals surface area contributed by atoms with Crippen LogP contribution in [-0.4, -0.2) is 28.1 Å². The fraction of sp³-hybridized carbons (Fsp3) is 0.857. The Balaban J connectivity index is 3.56. The molecular formula is C7H15NO2. The average molecular weight is 145 g/mol. The van der Waals surface area contributed by atoms with Gasteiger partial charge in [-0.05, 0) is 13.3 Å². The van der Waals surface area contributed by atoms with Crippen molar-refractivity contribution in [3.63, 3.8) is 0 Å². The van der Waals surface area contributed by atoms with Gasteiger partial charge < -0.3 is 15.6 Å². The summed E-state index contributed by atoms with van der Waals surface area (Å²) in [6.07, 6.45) is -0.332. The molecule has 0 aromatic rings. The molecule has 0 saturated heterocycles. The SMILES string of the molecule is CCC(O)C[C@H](O)C(C)=N. The summed E-state index contributed by atoms with van der Waals surface area (Å²) in [7, 11) is 0. The topological polar surface area (TPSA) is 64.3 Å². The van der Waals surface area contributed by atoms with Gasteiger partial charge in [0.05, 0.1) is 12.2 Å². The first-order valence-corrected chi connectivity index (χ1v) is 3.49. The summed E-state index contributed by atoms with van der Waals surface area (Å²) in [6, 6.07) is 0. The van der Waals surface area contributed by atoms with Gasteiger partial charge in [-0.2, -0.15) is 0 Å². The van der Waals surface area contributed by atoms with Gasteiger partial charge in [0.15, 0.2) is 0 Å². The predicted molar refractivity (Wildman–Crippen MR) is 40.3 cm³/mol. The van der Waals surface area contributed by atoms with Crippen LogP contribution in [0.25, 0.3) is 0 Å². The van der Waals surface area contributed by atoms with Gasteiger partial charge >= 0.3 is 0 Å². The van der Waals surface area contributed by atoms with Gasteiger partial charge in [-0.15, -0.1) is 0 Å². The van der Waals surface area contributed by atoms with E-state index in [0.29, 0.717) is 6.42 Å². The molecule has 0 aliphatic heterocycles. The van der Waals surface area contributed by atoms with Gasteiger partial charge in [0.25, 0.3) is 0 Å².